The van der Waals surface area contributed by atoms with Gasteiger partial charge in [0.1, 0.15) is 12.1 Å². The van der Waals surface area contributed by atoms with Gasteiger partial charge in [0.2, 0.25) is 5.88 Å². The molecule has 20 heavy (non-hydrogen) atoms. The zero-order valence-electron chi connectivity index (χ0n) is 11.7. The van der Waals surface area contributed by atoms with Crippen LogP contribution in [0.15, 0.2) is 30.7 Å². The number of nitrogens with zero attached hydrogens (tertiary/aromatic N) is 3. The van der Waals surface area contributed by atoms with Gasteiger partial charge in [-0.15, -0.1) is 0 Å². The Labute approximate surface area is 118 Å². The van der Waals surface area contributed by atoms with Crippen LogP contribution in [0.2, 0.25) is 0 Å². The summed E-state index contributed by atoms with van der Waals surface area (Å²) in [6.45, 7) is 2.91. The van der Waals surface area contributed by atoms with Crippen LogP contribution in [0.25, 0.3) is 0 Å². The van der Waals surface area contributed by atoms with Gasteiger partial charge in [0.05, 0.1) is 18.8 Å². The number of ether oxygens (including phenoxy) is 1. The lowest BCUT2D eigenvalue weighted by Crippen LogP contribution is -2.24. The molecule has 2 aromatic heterocycles. The molecule has 0 aliphatic carbocycles. The van der Waals surface area contributed by atoms with E-state index in [1.807, 2.05) is 18.2 Å². The molecular formula is C14H19N5O. The highest BCUT2D eigenvalue weighted by molar-refractivity contribution is 5.33. The van der Waals surface area contributed by atoms with Crippen molar-refractivity contribution >= 4 is 5.82 Å². The monoisotopic (exact) mass is 273 g/mol. The standard InChI is InChI=1S/C14H19N5O/c1-3-16-11(6-10-4-5-17-13(15)7-10)12-8-14(20-2)19-9-18-12/h4-5,7-9,11,16H,3,6H2,1-2H3,(H2,15,17). The maximum absolute atomic E-state index is 5.72. The van der Waals surface area contributed by atoms with Crippen LogP contribution in [-0.4, -0.2) is 28.6 Å². The van der Waals surface area contributed by atoms with Crippen LogP contribution in [-0.2, 0) is 6.42 Å². The molecule has 0 bridgehead atoms. The van der Waals surface area contributed by atoms with E-state index >= 15 is 0 Å². The van der Waals surface area contributed by atoms with Crippen molar-refractivity contribution in [3.63, 3.8) is 0 Å². The second-order valence-corrected chi connectivity index (χ2v) is 4.39. The van der Waals surface area contributed by atoms with Gasteiger partial charge < -0.3 is 15.8 Å². The van der Waals surface area contributed by atoms with E-state index in [0.29, 0.717) is 11.7 Å². The van der Waals surface area contributed by atoms with Crippen molar-refractivity contribution in [2.24, 2.45) is 0 Å². The number of hydrogen-bond acceptors (Lipinski definition) is 6. The topological polar surface area (TPSA) is 86.0 Å². The zero-order chi connectivity index (χ0) is 14.4. The molecule has 3 N–H and O–H groups in total. The third-order valence-electron chi connectivity index (χ3n) is 2.97. The van der Waals surface area contributed by atoms with Crippen LogP contribution in [0.5, 0.6) is 5.88 Å². The van der Waals surface area contributed by atoms with E-state index in [-0.39, 0.29) is 6.04 Å². The van der Waals surface area contributed by atoms with Gasteiger partial charge in [0.15, 0.2) is 0 Å². The second-order valence-electron chi connectivity index (χ2n) is 4.39. The molecule has 1 atom stereocenters. The number of nitrogen functional groups attached to an aromatic ring is 1. The number of hydrogen-bond donors (Lipinski definition) is 2. The quantitative estimate of drug-likeness (QED) is 0.826. The summed E-state index contributed by atoms with van der Waals surface area (Å²) in [5.74, 6) is 1.09. The van der Waals surface area contributed by atoms with E-state index in [2.05, 4.69) is 27.2 Å². The molecule has 6 nitrogen and oxygen atoms in total. The molecule has 1 unspecified atom stereocenters. The van der Waals surface area contributed by atoms with Crippen LogP contribution in [0.3, 0.4) is 0 Å². The van der Waals surface area contributed by atoms with Crippen LogP contribution < -0.4 is 15.8 Å². The Morgan fingerprint density at radius 2 is 2.15 bits per heavy atom. The smallest absolute Gasteiger partial charge is 0.216 e. The average molecular weight is 273 g/mol. The molecule has 0 spiro atoms. The summed E-state index contributed by atoms with van der Waals surface area (Å²) in [7, 11) is 1.60. The van der Waals surface area contributed by atoms with Crippen LogP contribution in [0, 0.1) is 0 Å². The molecule has 0 amide bonds. The van der Waals surface area contributed by atoms with Gasteiger partial charge in [0.25, 0.3) is 0 Å². The number of anilines is 1. The fourth-order valence-corrected chi connectivity index (χ4v) is 2.04. The maximum Gasteiger partial charge on any atom is 0.216 e. The largest absolute Gasteiger partial charge is 0.481 e. The number of nitrogens with one attached hydrogen (secondary N) is 1. The summed E-state index contributed by atoms with van der Waals surface area (Å²) in [6, 6.07) is 5.76. The highest BCUT2D eigenvalue weighted by Gasteiger charge is 2.14. The summed E-state index contributed by atoms with van der Waals surface area (Å²) < 4.78 is 5.14. The molecule has 106 valence electrons. The third-order valence-corrected chi connectivity index (χ3v) is 2.97. The van der Waals surface area contributed by atoms with Gasteiger partial charge in [0, 0.05) is 12.3 Å². The molecule has 0 saturated heterocycles. The van der Waals surface area contributed by atoms with Gasteiger partial charge in [-0.1, -0.05) is 6.92 Å². The number of nitrogens with two attached hydrogens (primary N) is 1. The van der Waals surface area contributed by atoms with E-state index in [0.717, 1.165) is 24.2 Å². The minimum Gasteiger partial charge on any atom is -0.481 e. The molecular weight excluding hydrogens is 254 g/mol. The molecule has 0 fully saturated rings. The van der Waals surface area contributed by atoms with Crippen LogP contribution in [0.4, 0.5) is 5.82 Å². The van der Waals surface area contributed by atoms with Gasteiger partial charge in [-0.2, -0.15) is 0 Å². The fourth-order valence-electron chi connectivity index (χ4n) is 2.04. The van der Waals surface area contributed by atoms with Crippen LogP contribution >= 0.6 is 0 Å². The van der Waals surface area contributed by atoms with Gasteiger partial charge in [-0.3, -0.25) is 0 Å². The predicted molar refractivity (Wildman–Crippen MR) is 77.4 cm³/mol. The molecule has 0 saturated carbocycles. The first-order chi connectivity index (χ1) is 9.72. The number of rotatable bonds is 6. The molecule has 6 heteroatoms. The number of likely N-dealkylation sites (N-methyl/N-ethyl adjacent to an activating group) is 1. The lowest BCUT2D eigenvalue weighted by Gasteiger charge is -2.17. The molecule has 0 aromatic carbocycles. The highest BCUT2D eigenvalue weighted by Crippen LogP contribution is 2.19. The van der Waals surface area contributed by atoms with Crippen molar-refractivity contribution in [3.05, 3.63) is 42.0 Å². The van der Waals surface area contributed by atoms with Crippen molar-refractivity contribution in [1.82, 2.24) is 20.3 Å². The summed E-state index contributed by atoms with van der Waals surface area (Å²) >= 11 is 0. The Bertz CT molecular complexity index is 561. The Morgan fingerprint density at radius 1 is 1.30 bits per heavy atom. The lowest BCUT2D eigenvalue weighted by molar-refractivity contribution is 0.393. The van der Waals surface area contributed by atoms with E-state index in [1.165, 1.54) is 6.33 Å². The van der Waals surface area contributed by atoms with Crippen molar-refractivity contribution in [3.8, 4) is 5.88 Å². The Hall–Kier alpha value is -2.21. The Balaban J connectivity index is 2.21. The lowest BCUT2D eigenvalue weighted by atomic mass is 10.0. The first-order valence-electron chi connectivity index (χ1n) is 6.52. The maximum atomic E-state index is 5.72. The number of pyridine rings is 1. The van der Waals surface area contributed by atoms with Gasteiger partial charge >= 0.3 is 0 Å². The first-order valence-corrected chi connectivity index (χ1v) is 6.52. The Kier molecular flexibility index (Phi) is 4.84. The number of aromatic nitrogens is 3. The number of methoxy groups -OCH3 is 1. The predicted octanol–water partition coefficient (Wildman–Crippen LogP) is 1.36. The second kappa shape index (κ2) is 6.81. The molecule has 2 aromatic rings. The summed E-state index contributed by atoms with van der Waals surface area (Å²) in [6.07, 6.45) is 4.01. The van der Waals surface area contributed by atoms with Gasteiger partial charge in [-0.25, -0.2) is 15.0 Å². The SMILES string of the molecule is CCNC(Cc1ccnc(N)c1)c1cc(OC)ncn1. The minimum absolute atomic E-state index is 0.0821. The van der Waals surface area contributed by atoms with E-state index in [4.69, 9.17) is 10.5 Å². The molecule has 0 radical (unpaired) electrons. The molecule has 2 heterocycles. The molecule has 2 rings (SSSR count). The minimum atomic E-state index is 0.0821. The van der Waals surface area contributed by atoms with Gasteiger partial charge in [-0.05, 0) is 30.7 Å². The van der Waals surface area contributed by atoms with Crippen molar-refractivity contribution in [1.29, 1.82) is 0 Å². The normalized spacial score (nSPS) is 12.1. The summed E-state index contributed by atoms with van der Waals surface area (Å²) in [4.78, 5) is 12.4. The summed E-state index contributed by atoms with van der Waals surface area (Å²) in [5.41, 5.74) is 7.72. The van der Waals surface area contributed by atoms with Crippen molar-refractivity contribution < 1.29 is 4.74 Å². The van der Waals surface area contributed by atoms with Crippen molar-refractivity contribution in [2.75, 3.05) is 19.4 Å². The third kappa shape index (κ3) is 3.64. The first kappa shape index (κ1) is 14.2. The fraction of sp³-hybridized carbons (Fsp3) is 0.357. The van der Waals surface area contributed by atoms with Crippen molar-refractivity contribution in [2.45, 2.75) is 19.4 Å². The molecule has 0 aliphatic rings. The zero-order valence-corrected chi connectivity index (χ0v) is 11.7. The highest BCUT2D eigenvalue weighted by atomic mass is 16.5. The van der Waals surface area contributed by atoms with Crippen LogP contribution in [0.1, 0.15) is 24.2 Å². The summed E-state index contributed by atoms with van der Waals surface area (Å²) in [5, 5.41) is 3.41. The van der Waals surface area contributed by atoms with E-state index in [1.54, 1.807) is 13.3 Å². The average Bonchev–Trinajstić information content (AvgIpc) is 2.47. The Morgan fingerprint density at radius 3 is 2.85 bits per heavy atom. The van der Waals surface area contributed by atoms with E-state index in [9.17, 15) is 0 Å². The molecule has 0 aliphatic heterocycles. The van der Waals surface area contributed by atoms with E-state index < -0.39 is 0 Å².